The minimum Gasteiger partial charge on any atom is -0.356 e. The van der Waals surface area contributed by atoms with E-state index in [1.54, 1.807) is 22.7 Å². The Labute approximate surface area is 195 Å². The SMILES string of the molecule is Cc1nnc(CN=C(NCCc2cccs2)N(C)Cc2ccc(Cl)s2)n1C.I. The summed E-state index contributed by atoms with van der Waals surface area (Å²) in [6.07, 6.45) is 0.971. The maximum absolute atomic E-state index is 6.06. The molecule has 3 rings (SSSR count). The van der Waals surface area contributed by atoms with Crippen LogP contribution in [0.1, 0.15) is 21.4 Å². The summed E-state index contributed by atoms with van der Waals surface area (Å²) in [5.74, 6) is 2.57. The third-order valence-corrected chi connectivity index (χ3v) is 6.32. The summed E-state index contributed by atoms with van der Waals surface area (Å²) in [7, 11) is 3.99. The molecule has 3 heterocycles. The van der Waals surface area contributed by atoms with E-state index >= 15 is 0 Å². The van der Waals surface area contributed by atoms with Crippen LogP contribution in [0.25, 0.3) is 0 Å². The molecule has 6 nitrogen and oxygen atoms in total. The molecule has 3 aromatic heterocycles. The average molecular weight is 551 g/mol. The van der Waals surface area contributed by atoms with E-state index in [1.165, 1.54) is 9.75 Å². The Morgan fingerprint density at radius 3 is 2.71 bits per heavy atom. The molecule has 0 amide bonds. The van der Waals surface area contributed by atoms with Gasteiger partial charge in [-0.3, -0.25) is 0 Å². The predicted octanol–water partition coefficient (Wildman–Crippen LogP) is 4.34. The van der Waals surface area contributed by atoms with Crippen molar-refractivity contribution in [2.75, 3.05) is 13.6 Å². The standard InChI is InChI=1S/C18H23ClN6S2.HI/c1-13-22-23-17(25(13)3)11-21-18(20-9-8-14-5-4-10-26-14)24(2)12-15-6-7-16(19)27-15;/h4-7,10H,8-9,11-12H2,1-3H3,(H,20,21);1H. The second-order valence-corrected chi connectivity index (χ2v) is 9.01. The third-order valence-electron chi connectivity index (χ3n) is 4.17. The fourth-order valence-corrected chi connectivity index (χ4v) is 4.39. The number of rotatable bonds is 7. The van der Waals surface area contributed by atoms with Crippen molar-refractivity contribution in [3.63, 3.8) is 0 Å². The van der Waals surface area contributed by atoms with E-state index in [1.807, 2.05) is 31.7 Å². The van der Waals surface area contributed by atoms with Crippen molar-refractivity contribution in [1.82, 2.24) is 25.0 Å². The van der Waals surface area contributed by atoms with E-state index in [0.29, 0.717) is 6.54 Å². The first kappa shape index (κ1) is 23.1. The van der Waals surface area contributed by atoms with E-state index in [0.717, 1.165) is 41.5 Å². The molecule has 0 saturated heterocycles. The fourth-order valence-electron chi connectivity index (χ4n) is 2.54. The summed E-state index contributed by atoms with van der Waals surface area (Å²) in [6, 6.07) is 8.22. The molecule has 3 aromatic rings. The zero-order valence-corrected chi connectivity index (χ0v) is 20.8. The van der Waals surface area contributed by atoms with Crippen LogP contribution in [0, 0.1) is 6.92 Å². The molecule has 0 bridgehead atoms. The minimum atomic E-state index is 0. The lowest BCUT2D eigenvalue weighted by atomic mass is 10.3. The lowest BCUT2D eigenvalue weighted by molar-refractivity contribution is 0.479. The smallest absolute Gasteiger partial charge is 0.194 e. The molecule has 10 heteroatoms. The summed E-state index contributed by atoms with van der Waals surface area (Å²) >= 11 is 9.43. The molecule has 0 aliphatic heterocycles. The lowest BCUT2D eigenvalue weighted by Gasteiger charge is -2.22. The number of halogens is 2. The highest BCUT2D eigenvalue weighted by Crippen LogP contribution is 2.22. The van der Waals surface area contributed by atoms with Gasteiger partial charge in [-0.1, -0.05) is 17.7 Å². The van der Waals surface area contributed by atoms with E-state index in [9.17, 15) is 0 Å². The fraction of sp³-hybridized carbons (Fsp3) is 0.389. The third kappa shape index (κ3) is 6.43. The molecule has 152 valence electrons. The van der Waals surface area contributed by atoms with Gasteiger partial charge in [-0.2, -0.15) is 0 Å². The van der Waals surface area contributed by atoms with Crippen LogP contribution in [0.3, 0.4) is 0 Å². The van der Waals surface area contributed by atoms with Crippen molar-refractivity contribution >= 4 is 64.2 Å². The van der Waals surface area contributed by atoms with Crippen LogP contribution in [-0.4, -0.2) is 39.2 Å². The summed E-state index contributed by atoms with van der Waals surface area (Å²) in [5, 5.41) is 13.9. The van der Waals surface area contributed by atoms with Gasteiger partial charge in [0.2, 0.25) is 0 Å². The normalized spacial score (nSPS) is 11.4. The molecule has 0 aliphatic carbocycles. The first-order valence-corrected chi connectivity index (χ1v) is 10.7. The summed E-state index contributed by atoms with van der Waals surface area (Å²) in [4.78, 5) is 9.44. The Bertz CT molecular complexity index is 890. The summed E-state index contributed by atoms with van der Waals surface area (Å²) < 4.78 is 2.77. The van der Waals surface area contributed by atoms with Gasteiger partial charge in [0.15, 0.2) is 11.8 Å². The van der Waals surface area contributed by atoms with Crippen LogP contribution in [0.15, 0.2) is 34.6 Å². The minimum absolute atomic E-state index is 0. The van der Waals surface area contributed by atoms with Gasteiger partial charge in [0, 0.05) is 30.4 Å². The van der Waals surface area contributed by atoms with Crippen LogP contribution >= 0.6 is 58.3 Å². The second kappa shape index (κ2) is 11.1. The second-order valence-electron chi connectivity index (χ2n) is 6.18. The van der Waals surface area contributed by atoms with Gasteiger partial charge in [-0.15, -0.1) is 56.8 Å². The van der Waals surface area contributed by atoms with Gasteiger partial charge >= 0.3 is 0 Å². The van der Waals surface area contributed by atoms with E-state index in [2.05, 4.69) is 44.0 Å². The van der Waals surface area contributed by atoms with Crippen LogP contribution in [-0.2, 0) is 26.6 Å². The number of guanidine groups is 1. The highest BCUT2D eigenvalue weighted by molar-refractivity contribution is 14.0. The molecule has 0 atom stereocenters. The van der Waals surface area contributed by atoms with Crippen molar-refractivity contribution in [2.24, 2.45) is 12.0 Å². The Balaban J connectivity index is 0.00000280. The predicted molar refractivity (Wildman–Crippen MR) is 129 cm³/mol. The van der Waals surface area contributed by atoms with Crippen LogP contribution in [0.2, 0.25) is 4.34 Å². The molecule has 0 radical (unpaired) electrons. The molecule has 0 aliphatic rings. The Morgan fingerprint density at radius 2 is 2.11 bits per heavy atom. The number of aryl methyl sites for hydroxylation is 1. The molecule has 0 fully saturated rings. The Kier molecular flexibility index (Phi) is 9.19. The first-order chi connectivity index (χ1) is 13.0. The first-order valence-electron chi connectivity index (χ1n) is 8.64. The number of aromatic nitrogens is 3. The van der Waals surface area contributed by atoms with E-state index in [4.69, 9.17) is 16.6 Å². The Hall–Kier alpha value is -1.17. The molecule has 28 heavy (non-hydrogen) atoms. The average Bonchev–Trinajstić information content (AvgIpc) is 3.36. The van der Waals surface area contributed by atoms with Crippen molar-refractivity contribution in [3.05, 3.63) is 55.4 Å². The number of aliphatic imine (C=N–C) groups is 1. The number of hydrogen-bond acceptors (Lipinski definition) is 5. The van der Waals surface area contributed by atoms with Gasteiger partial charge in [0.25, 0.3) is 0 Å². The quantitative estimate of drug-likeness (QED) is 0.270. The van der Waals surface area contributed by atoms with Crippen LogP contribution < -0.4 is 5.32 Å². The molecule has 0 unspecified atom stereocenters. The zero-order chi connectivity index (χ0) is 19.2. The maximum Gasteiger partial charge on any atom is 0.194 e. The number of hydrogen-bond donors (Lipinski definition) is 1. The maximum atomic E-state index is 6.06. The molecule has 0 spiro atoms. The van der Waals surface area contributed by atoms with Gasteiger partial charge in [0.1, 0.15) is 12.4 Å². The van der Waals surface area contributed by atoms with Crippen molar-refractivity contribution in [2.45, 2.75) is 26.4 Å². The largest absolute Gasteiger partial charge is 0.356 e. The molecule has 0 saturated carbocycles. The molecular formula is C18H24ClIN6S2. The number of nitrogens with one attached hydrogen (secondary N) is 1. The number of thiophene rings is 2. The van der Waals surface area contributed by atoms with Gasteiger partial charge in [-0.25, -0.2) is 4.99 Å². The zero-order valence-electron chi connectivity index (χ0n) is 16.1. The van der Waals surface area contributed by atoms with Gasteiger partial charge in [0.05, 0.1) is 10.9 Å². The van der Waals surface area contributed by atoms with Crippen LogP contribution in [0.5, 0.6) is 0 Å². The van der Waals surface area contributed by atoms with Crippen molar-refractivity contribution in [3.8, 4) is 0 Å². The highest BCUT2D eigenvalue weighted by atomic mass is 127. The van der Waals surface area contributed by atoms with Crippen LogP contribution in [0.4, 0.5) is 0 Å². The molecule has 1 N–H and O–H groups in total. The van der Waals surface area contributed by atoms with Gasteiger partial charge in [-0.05, 0) is 36.9 Å². The monoisotopic (exact) mass is 550 g/mol. The number of nitrogens with zero attached hydrogens (tertiary/aromatic N) is 5. The molecule has 0 aromatic carbocycles. The topological polar surface area (TPSA) is 58.3 Å². The van der Waals surface area contributed by atoms with E-state index < -0.39 is 0 Å². The van der Waals surface area contributed by atoms with E-state index in [-0.39, 0.29) is 24.0 Å². The summed E-state index contributed by atoms with van der Waals surface area (Å²) in [6.45, 7) is 3.99. The molecular weight excluding hydrogens is 527 g/mol. The van der Waals surface area contributed by atoms with Gasteiger partial charge < -0.3 is 14.8 Å². The van der Waals surface area contributed by atoms with Crippen molar-refractivity contribution in [1.29, 1.82) is 0 Å². The van der Waals surface area contributed by atoms with Crippen molar-refractivity contribution < 1.29 is 0 Å². The Morgan fingerprint density at radius 1 is 1.29 bits per heavy atom. The highest BCUT2D eigenvalue weighted by Gasteiger charge is 2.11. The summed E-state index contributed by atoms with van der Waals surface area (Å²) in [5.41, 5.74) is 0. The lowest BCUT2D eigenvalue weighted by Crippen LogP contribution is -2.39.